The molecule has 0 fully saturated rings. The number of halogens is 2. The van der Waals surface area contributed by atoms with Gasteiger partial charge in [0.1, 0.15) is 0 Å². The first-order valence-electron chi connectivity index (χ1n) is 3.44. The van der Waals surface area contributed by atoms with Crippen LogP contribution >= 0.6 is 11.3 Å². The van der Waals surface area contributed by atoms with Gasteiger partial charge in [-0.15, -0.1) is 0 Å². The van der Waals surface area contributed by atoms with Gasteiger partial charge in [0, 0.05) is 4.88 Å². The highest BCUT2D eigenvalue weighted by Crippen LogP contribution is 2.23. The highest BCUT2D eigenvalue weighted by atomic mass is 32.1. The molecular weight excluding hydrogens is 184 g/mol. The molecule has 0 radical (unpaired) electrons. The van der Waals surface area contributed by atoms with Gasteiger partial charge in [0.15, 0.2) is 6.61 Å². The van der Waals surface area contributed by atoms with Gasteiger partial charge in [0.05, 0.1) is 5.69 Å². The molecule has 0 aliphatic rings. The van der Waals surface area contributed by atoms with Gasteiger partial charge in [-0.25, -0.2) is 13.8 Å². The summed E-state index contributed by atoms with van der Waals surface area (Å²) in [6.45, 7) is 3.12. The van der Waals surface area contributed by atoms with Gasteiger partial charge in [-0.1, -0.05) is 11.3 Å². The van der Waals surface area contributed by atoms with E-state index in [1.165, 1.54) is 11.3 Å². The zero-order valence-corrected chi connectivity index (χ0v) is 7.62. The largest absolute Gasteiger partial charge is 0.464 e. The lowest BCUT2D eigenvalue weighted by molar-refractivity contribution is 0.0817. The molecule has 0 aliphatic carbocycles. The predicted octanol–water partition coefficient (Wildman–Crippen LogP) is 2.40. The van der Waals surface area contributed by atoms with E-state index in [0.717, 1.165) is 10.6 Å². The van der Waals surface area contributed by atoms with Gasteiger partial charge in [0.25, 0.3) is 11.6 Å². The van der Waals surface area contributed by atoms with Crippen molar-refractivity contribution in [1.29, 1.82) is 0 Å². The first-order chi connectivity index (χ1) is 5.59. The summed E-state index contributed by atoms with van der Waals surface area (Å²) >= 11 is 1.29. The molecule has 1 aromatic rings. The average Bonchev–Trinajstić information content (AvgIpc) is 2.28. The van der Waals surface area contributed by atoms with Gasteiger partial charge in [-0.05, 0) is 13.8 Å². The zero-order chi connectivity index (χ0) is 9.14. The third kappa shape index (κ3) is 2.41. The van der Waals surface area contributed by atoms with E-state index in [4.69, 9.17) is 4.74 Å². The average molecular weight is 193 g/mol. The quantitative estimate of drug-likeness (QED) is 0.735. The van der Waals surface area contributed by atoms with Crippen LogP contribution in [0.3, 0.4) is 0 Å². The summed E-state index contributed by atoms with van der Waals surface area (Å²) in [5.41, 5.74) is 0.837. The zero-order valence-electron chi connectivity index (χ0n) is 6.80. The van der Waals surface area contributed by atoms with Crippen molar-refractivity contribution in [3.8, 4) is 5.19 Å². The molecule has 0 spiro atoms. The summed E-state index contributed by atoms with van der Waals surface area (Å²) in [6, 6.07) is 0. The molecule has 0 unspecified atom stereocenters. The van der Waals surface area contributed by atoms with E-state index in [2.05, 4.69) is 4.98 Å². The number of nitrogens with zero attached hydrogens (tertiary/aromatic N) is 1. The van der Waals surface area contributed by atoms with E-state index in [1.807, 2.05) is 13.8 Å². The summed E-state index contributed by atoms with van der Waals surface area (Å²) in [7, 11) is 0. The number of rotatable bonds is 3. The van der Waals surface area contributed by atoms with Gasteiger partial charge in [-0.3, -0.25) is 0 Å². The van der Waals surface area contributed by atoms with E-state index < -0.39 is 13.0 Å². The van der Waals surface area contributed by atoms with Crippen molar-refractivity contribution < 1.29 is 13.5 Å². The second kappa shape index (κ2) is 3.80. The first-order valence-corrected chi connectivity index (χ1v) is 4.26. The molecule has 1 rings (SSSR count). The van der Waals surface area contributed by atoms with Gasteiger partial charge < -0.3 is 4.74 Å². The van der Waals surface area contributed by atoms with Crippen LogP contribution in [0.4, 0.5) is 8.78 Å². The third-order valence-corrected chi connectivity index (χ3v) is 2.33. The Labute approximate surface area is 73.2 Å². The van der Waals surface area contributed by atoms with Crippen LogP contribution < -0.4 is 4.74 Å². The standard InChI is InChI=1S/C7H9F2NOS/c1-4-5(2)12-7(10-4)11-3-6(8)9/h6H,3H2,1-2H3. The van der Waals surface area contributed by atoms with Crippen molar-refractivity contribution in [2.24, 2.45) is 0 Å². The molecule has 1 aromatic heterocycles. The molecule has 12 heavy (non-hydrogen) atoms. The number of thiazole rings is 1. The van der Waals surface area contributed by atoms with Crippen molar-refractivity contribution in [2.75, 3.05) is 6.61 Å². The highest BCUT2D eigenvalue weighted by molar-refractivity contribution is 7.13. The van der Waals surface area contributed by atoms with Crippen LogP contribution in [0.1, 0.15) is 10.6 Å². The van der Waals surface area contributed by atoms with Crippen molar-refractivity contribution >= 4 is 11.3 Å². The Morgan fingerprint density at radius 2 is 2.17 bits per heavy atom. The molecule has 5 heteroatoms. The number of aryl methyl sites for hydroxylation is 2. The van der Waals surface area contributed by atoms with Crippen molar-refractivity contribution in [3.63, 3.8) is 0 Å². The number of hydrogen-bond donors (Lipinski definition) is 0. The molecule has 0 amide bonds. The molecule has 68 valence electrons. The predicted molar refractivity (Wildman–Crippen MR) is 43.1 cm³/mol. The highest BCUT2D eigenvalue weighted by Gasteiger charge is 2.07. The van der Waals surface area contributed by atoms with Crippen LogP contribution in [-0.4, -0.2) is 18.0 Å². The Morgan fingerprint density at radius 3 is 2.58 bits per heavy atom. The molecule has 0 saturated carbocycles. The van der Waals surface area contributed by atoms with Crippen LogP contribution in [0, 0.1) is 13.8 Å². The van der Waals surface area contributed by atoms with Crippen molar-refractivity contribution in [2.45, 2.75) is 20.3 Å². The minimum Gasteiger partial charge on any atom is -0.464 e. The first kappa shape index (κ1) is 9.38. The maximum absolute atomic E-state index is 11.7. The molecule has 0 saturated heterocycles. The maximum Gasteiger partial charge on any atom is 0.273 e. The Hall–Kier alpha value is -0.710. The number of hydrogen-bond acceptors (Lipinski definition) is 3. The number of alkyl halides is 2. The van der Waals surface area contributed by atoms with Gasteiger partial charge in [-0.2, -0.15) is 0 Å². The van der Waals surface area contributed by atoms with E-state index in [9.17, 15) is 8.78 Å². The van der Waals surface area contributed by atoms with Crippen molar-refractivity contribution in [1.82, 2.24) is 4.98 Å². The molecule has 0 aliphatic heterocycles. The van der Waals surface area contributed by atoms with Crippen LogP contribution in [0.25, 0.3) is 0 Å². The van der Waals surface area contributed by atoms with Crippen LogP contribution in [-0.2, 0) is 0 Å². The van der Waals surface area contributed by atoms with E-state index in [-0.39, 0.29) is 0 Å². The summed E-state index contributed by atoms with van der Waals surface area (Å²) in [5, 5.41) is 0.324. The molecule has 0 atom stereocenters. The lowest BCUT2D eigenvalue weighted by atomic mass is 10.4. The SMILES string of the molecule is Cc1nc(OCC(F)F)sc1C. The molecule has 0 N–H and O–H groups in total. The molecular formula is C7H9F2NOS. The van der Waals surface area contributed by atoms with Gasteiger partial charge in [0.2, 0.25) is 0 Å². The molecule has 1 heterocycles. The monoisotopic (exact) mass is 193 g/mol. The number of ether oxygens (including phenoxy) is 1. The Bertz CT molecular complexity index is 242. The fraction of sp³-hybridized carbons (Fsp3) is 0.571. The van der Waals surface area contributed by atoms with Crippen molar-refractivity contribution in [3.05, 3.63) is 10.6 Å². The molecule has 2 nitrogen and oxygen atoms in total. The summed E-state index contributed by atoms with van der Waals surface area (Å²) in [6.07, 6.45) is -2.44. The summed E-state index contributed by atoms with van der Waals surface area (Å²) in [4.78, 5) is 4.94. The van der Waals surface area contributed by atoms with Crippen LogP contribution in [0.2, 0.25) is 0 Å². The Balaban J connectivity index is 2.53. The Kier molecular flexibility index (Phi) is 2.97. The minimum absolute atomic E-state index is 0.324. The normalized spacial score (nSPS) is 10.8. The van der Waals surface area contributed by atoms with Crippen LogP contribution in [0.15, 0.2) is 0 Å². The lowest BCUT2D eigenvalue weighted by Gasteiger charge is -1.98. The van der Waals surface area contributed by atoms with E-state index in [0.29, 0.717) is 5.19 Å². The fourth-order valence-corrected chi connectivity index (χ4v) is 1.40. The van der Waals surface area contributed by atoms with E-state index >= 15 is 0 Å². The third-order valence-electron chi connectivity index (χ3n) is 1.34. The van der Waals surface area contributed by atoms with Gasteiger partial charge >= 0.3 is 0 Å². The van der Waals surface area contributed by atoms with Crippen LogP contribution in [0.5, 0.6) is 5.19 Å². The number of aromatic nitrogens is 1. The Morgan fingerprint density at radius 1 is 1.50 bits per heavy atom. The maximum atomic E-state index is 11.7. The second-order valence-corrected chi connectivity index (χ2v) is 3.49. The summed E-state index contributed by atoms with van der Waals surface area (Å²) < 4.78 is 28.1. The molecule has 0 bridgehead atoms. The minimum atomic E-state index is -2.44. The molecule has 0 aromatic carbocycles. The topological polar surface area (TPSA) is 22.1 Å². The van der Waals surface area contributed by atoms with E-state index in [1.54, 1.807) is 0 Å². The smallest absolute Gasteiger partial charge is 0.273 e. The fourth-order valence-electron chi connectivity index (χ4n) is 0.639. The second-order valence-electron chi connectivity index (χ2n) is 2.32. The summed E-state index contributed by atoms with van der Waals surface area (Å²) in [5.74, 6) is 0. The lowest BCUT2D eigenvalue weighted by Crippen LogP contribution is -2.06.